The SMILES string of the molecule is CC(C)C(C)C.CCCCCCCCCCCCCCCCCC(=O)OCCCCCCCCCC.N. The number of carbonyl (C=O) groups excluding carboxylic acids is 1. The van der Waals surface area contributed by atoms with Crippen LogP contribution in [0.4, 0.5) is 0 Å². The van der Waals surface area contributed by atoms with Gasteiger partial charge in [0.1, 0.15) is 0 Å². The average Bonchev–Trinajstić information content (AvgIpc) is 2.85. The highest BCUT2D eigenvalue weighted by Gasteiger charge is 2.02. The van der Waals surface area contributed by atoms with Crippen LogP contribution < -0.4 is 6.15 Å². The van der Waals surface area contributed by atoms with Crippen molar-refractivity contribution in [3.63, 3.8) is 0 Å². The maximum Gasteiger partial charge on any atom is 0.305 e. The van der Waals surface area contributed by atoms with Gasteiger partial charge in [-0.3, -0.25) is 4.79 Å². The lowest BCUT2D eigenvalue weighted by atomic mass is 10.0. The second-order valence-electron chi connectivity index (χ2n) is 11.9. The minimum atomic E-state index is 0. The molecule has 0 aromatic carbocycles. The molecule has 0 amide bonds. The van der Waals surface area contributed by atoms with Crippen molar-refractivity contribution in [1.82, 2.24) is 6.15 Å². The fraction of sp³-hybridized carbons (Fsp3) is 0.971. The minimum absolute atomic E-state index is 0. The van der Waals surface area contributed by atoms with E-state index in [1.54, 1.807) is 0 Å². The van der Waals surface area contributed by atoms with Crippen LogP contribution >= 0.6 is 0 Å². The van der Waals surface area contributed by atoms with Gasteiger partial charge >= 0.3 is 5.97 Å². The molecule has 0 saturated heterocycles. The van der Waals surface area contributed by atoms with E-state index in [-0.39, 0.29) is 12.1 Å². The molecule has 0 bridgehead atoms. The van der Waals surface area contributed by atoms with Crippen molar-refractivity contribution in [3.05, 3.63) is 0 Å². The Bertz CT molecular complexity index is 403. The first-order valence-electron chi connectivity index (χ1n) is 16.6. The average molecular weight is 528 g/mol. The summed E-state index contributed by atoms with van der Waals surface area (Å²) in [7, 11) is 0. The predicted octanol–water partition coefficient (Wildman–Crippen LogP) is 12.4. The molecule has 3 nitrogen and oxygen atoms in total. The van der Waals surface area contributed by atoms with Crippen LogP contribution in [0.2, 0.25) is 0 Å². The molecule has 0 saturated carbocycles. The van der Waals surface area contributed by atoms with Gasteiger partial charge in [0.15, 0.2) is 0 Å². The normalized spacial score (nSPS) is 10.8. The van der Waals surface area contributed by atoms with E-state index in [9.17, 15) is 4.79 Å². The molecule has 3 N–H and O–H groups in total. The quantitative estimate of drug-likeness (QED) is 0.0898. The van der Waals surface area contributed by atoms with Crippen LogP contribution in [0.1, 0.15) is 196 Å². The summed E-state index contributed by atoms with van der Waals surface area (Å²) in [5.41, 5.74) is 0. The number of esters is 1. The fourth-order valence-electron chi connectivity index (χ4n) is 4.13. The Morgan fingerprint density at radius 1 is 0.459 bits per heavy atom. The number of unbranched alkanes of at least 4 members (excludes halogenated alkanes) is 21. The summed E-state index contributed by atoms with van der Waals surface area (Å²) < 4.78 is 5.37. The van der Waals surface area contributed by atoms with Gasteiger partial charge in [0.05, 0.1) is 6.61 Å². The summed E-state index contributed by atoms with van der Waals surface area (Å²) in [5.74, 6) is 1.72. The van der Waals surface area contributed by atoms with Crippen LogP contribution in [0, 0.1) is 11.8 Å². The number of rotatable bonds is 26. The molecule has 37 heavy (non-hydrogen) atoms. The van der Waals surface area contributed by atoms with Crippen molar-refractivity contribution in [1.29, 1.82) is 0 Å². The lowest BCUT2D eigenvalue weighted by molar-refractivity contribution is -0.143. The molecule has 0 aliphatic carbocycles. The molecule has 226 valence electrons. The molecule has 0 aromatic rings. The van der Waals surface area contributed by atoms with Gasteiger partial charge in [-0.1, -0.05) is 176 Å². The van der Waals surface area contributed by atoms with Crippen molar-refractivity contribution in [2.45, 2.75) is 196 Å². The lowest BCUT2D eigenvalue weighted by Gasteiger charge is -2.05. The third-order valence-corrected chi connectivity index (χ3v) is 7.58. The van der Waals surface area contributed by atoms with Crippen LogP contribution in [-0.2, 0) is 9.53 Å². The van der Waals surface area contributed by atoms with Crippen LogP contribution in [0.5, 0.6) is 0 Å². The molecule has 0 heterocycles. The van der Waals surface area contributed by atoms with Crippen molar-refractivity contribution < 1.29 is 9.53 Å². The maximum absolute atomic E-state index is 11.8. The monoisotopic (exact) mass is 528 g/mol. The topological polar surface area (TPSA) is 61.3 Å². The van der Waals surface area contributed by atoms with E-state index >= 15 is 0 Å². The van der Waals surface area contributed by atoms with Crippen molar-refractivity contribution >= 4 is 5.97 Å². The summed E-state index contributed by atoms with van der Waals surface area (Å²) in [6.07, 6.45) is 31.3. The summed E-state index contributed by atoms with van der Waals surface area (Å²) in [5, 5.41) is 0. The highest BCUT2D eigenvalue weighted by molar-refractivity contribution is 5.69. The van der Waals surface area contributed by atoms with Crippen LogP contribution in [0.25, 0.3) is 0 Å². The summed E-state index contributed by atoms with van der Waals surface area (Å²) in [6.45, 7) is 14.1. The van der Waals surface area contributed by atoms with E-state index in [1.807, 2.05) is 0 Å². The smallest absolute Gasteiger partial charge is 0.305 e. The summed E-state index contributed by atoms with van der Waals surface area (Å²) in [6, 6.07) is 0. The van der Waals surface area contributed by atoms with E-state index in [1.165, 1.54) is 135 Å². The van der Waals surface area contributed by atoms with Gasteiger partial charge in [0.2, 0.25) is 0 Å². The Balaban J connectivity index is -0.00000146. The van der Waals surface area contributed by atoms with Crippen molar-refractivity contribution in [3.8, 4) is 0 Å². The number of hydrogen-bond acceptors (Lipinski definition) is 3. The number of ether oxygens (including phenoxy) is 1. The van der Waals surface area contributed by atoms with E-state index in [4.69, 9.17) is 4.74 Å². The molecule has 0 aliphatic heterocycles. The highest BCUT2D eigenvalue weighted by Crippen LogP contribution is 2.14. The maximum atomic E-state index is 11.8. The molecule has 0 aromatic heterocycles. The fourth-order valence-corrected chi connectivity index (χ4v) is 4.13. The van der Waals surface area contributed by atoms with Crippen LogP contribution in [-0.4, -0.2) is 12.6 Å². The van der Waals surface area contributed by atoms with Crippen LogP contribution in [0.15, 0.2) is 0 Å². The Kier molecular flexibility index (Phi) is 39.2. The molecule has 0 spiro atoms. The zero-order chi connectivity index (χ0) is 27.1. The first-order valence-corrected chi connectivity index (χ1v) is 16.6. The van der Waals surface area contributed by atoms with Gasteiger partial charge in [0.25, 0.3) is 0 Å². The summed E-state index contributed by atoms with van der Waals surface area (Å²) >= 11 is 0. The molecule has 0 unspecified atom stereocenters. The Hall–Kier alpha value is -0.570. The highest BCUT2D eigenvalue weighted by atomic mass is 16.5. The second kappa shape index (κ2) is 35.4. The molecule has 3 heteroatoms. The van der Waals surface area contributed by atoms with E-state index in [0.717, 1.165) is 24.7 Å². The van der Waals surface area contributed by atoms with Crippen LogP contribution in [0.3, 0.4) is 0 Å². The second-order valence-corrected chi connectivity index (χ2v) is 11.9. The molecule has 0 atom stereocenters. The Morgan fingerprint density at radius 3 is 1.03 bits per heavy atom. The zero-order valence-electron chi connectivity index (χ0n) is 26.9. The van der Waals surface area contributed by atoms with Gasteiger partial charge < -0.3 is 10.9 Å². The van der Waals surface area contributed by atoms with Gasteiger partial charge in [-0.25, -0.2) is 0 Å². The molecule has 0 rings (SSSR count). The third kappa shape index (κ3) is 40.1. The number of carbonyl (C=O) groups is 1. The standard InChI is InChI=1S/C28H56O2.C6H14.H3N/c1-3-5-7-9-11-13-14-15-16-17-18-19-20-22-24-26-28(29)30-27-25-23-21-12-10-8-6-4-2;1-5(2)6(3)4;/h3-27H2,1-2H3;5-6H,1-4H3;1H3. The van der Waals surface area contributed by atoms with E-state index in [0.29, 0.717) is 13.0 Å². The van der Waals surface area contributed by atoms with Gasteiger partial charge in [-0.05, 0) is 24.7 Å². The largest absolute Gasteiger partial charge is 0.466 e. The first-order chi connectivity index (χ1) is 17.5. The summed E-state index contributed by atoms with van der Waals surface area (Å²) in [4.78, 5) is 11.8. The molecule has 0 radical (unpaired) electrons. The third-order valence-electron chi connectivity index (χ3n) is 7.58. The van der Waals surface area contributed by atoms with Gasteiger partial charge in [-0.15, -0.1) is 0 Å². The Labute approximate surface area is 235 Å². The lowest BCUT2D eigenvalue weighted by Crippen LogP contribution is -2.05. The predicted molar refractivity (Wildman–Crippen MR) is 168 cm³/mol. The Morgan fingerprint density at radius 2 is 0.730 bits per heavy atom. The van der Waals surface area contributed by atoms with Crippen molar-refractivity contribution in [2.75, 3.05) is 6.61 Å². The van der Waals surface area contributed by atoms with Gasteiger partial charge in [0, 0.05) is 6.42 Å². The van der Waals surface area contributed by atoms with E-state index in [2.05, 4.69) is 41.5 Å². The molecule has 0 fully saturated rings. The van der Waals surface area contributed by atoms with Crippen molar-refractivity contribution in [2.24, 2.45) is 11.8 Å². The first kappa shape index (κ1) is 40.9. The minimum Gasteiger partial charge on any atom is -0.466 e. The molecule has 0 aliphatic rings. The van der Waals surface area contributed by atoms with E-state index < -0.39 is 0 Å². The molecular weight excluding hydrogens is 454 g/mol. The van der Waals surface area contributed by atoms with Gasteiger partial charge in [-0.2, -0.15) is 0 Å². The number of hydrogen-bond donors (Lipinski definition) is 1. The zero-order valence-corrected chi connectivity index (χ0v) is 26.9. The molecular formula is C34H73NO2.